The molecule has 0 saturated carbocycles. The van der Waals surface area contributed by atoms with Gasteiger partial charge in [0.1, 0.15) is 0 Å². The van der Waals surface area contributed by atoms with Crippen molar-refractivity contribution >= 4 is 5.91 Å². The van der Waals surface area contributed by atoms with Crippen LogP contribution in [0.3, 0.4) is 0 Å². The molecule has 0 spiro atoms. The molecule has 1 rings (SSSR count). The Morgan fingerprint density at radius 2 is 1.73 bits per heavy atom. The standard InChI is InChI=1S/C13H19NO/c1-5-14(6-2)13(15)12-8-7-10(3)11(4)9-12/h7-9H,5-6H2,1-4H3. The number of amides is 1. The summed E-state index contributed by atoms with van der Waals surface area (Å²) in [6, 6.07) is 5.88. The average Bonchev–Trinajstić information content (AvgIpc) is 2.23. The first kappa shape index (κ1) is 11.8. The lowest BCUT2D eigenvalue weighted by molar-refractivity contribution is 0.0773. The highest BCUT2D eigenvalue weighted by Gasteiger charge is 2.12. The van der Waals surface area contributed by atoms with Crippen LogP contribution in [0.1, 0.15) is 35.3 Å². The van der Waals surface area contributed by atoms with Crippen LogP contribution in [0.2, 0.25) is 0 Å². The Morgan fingerprint density at radius 1 is 1.13 bits per heavy atom. The van der Waals surface area contributed by atoms with E-state index in [1.54, 1.807) is 0 Å². The first-order chi connectivity index (χ1) is 7.10. The van der Waals surface area contributed by atoms with Crippen molar-refractivity contribution in [3.05, 3.63) is 34.9 Å². The maximum absolute atomic E-state index is 12.0. The number of hydrogen-bond donors (Lipinski definition) is 0. The van der Waals surface area contributed by atoms with Gasteiger partial charge in [0.25, 0.3) is 5.91 Å². The van der Waals surface area contributed by atoms with E-state index in [2.05, 4.69) is 6.92 Å². The Kier molecular flexibility index (Phi) is 3.89. The van der Waals surface area contributed by atoms with E-state index in [-0.39, 0.29) is 5.91 Å². The zero-order valence-electron chi connectivity index (χ0n) is 10.0. The molecule has 0 aliphatic rings. The Bertz CT molecular complexity index is 354. The van der Waals surface area contributed by atoms with Gasteiger partial charge in [-0.2, -0.15) is 0 Å². The summed E-state index contributed by atoms with van der Waals surface area (Å²) in [6.45, 7) is 9.63. The molecular formula is C13H19NO. The zero-order chi connectivity index (χ0) is 11.4. The Balaban J connectivity index is 2.96. The molecule has 0 N–H and O–H groups in total. The van der Waals surface area contributed by atoms with Crippen molar-refractivity contribution in [2.45, 2.75) is 27.7 Å². The lowest BCUT2D eigenvalue weighted by Gasteiger charge is -2.19. The molecule has 0 radical (unpaired) electrons. The van der Waals surface area contributed by atoms with Crippen molar-refractivity contribution in [2.24, 2.45) is 0 Å². The van der Waals surface area contributed by atoms with Crippen LogP contribution in [-0.4, -0.2) is 23.9 Å². The maximum Gasteiger partial charge on any atom is 0.253 e. The highest BCUT2D eigenvalue weighted by molar-refractivity contribution is 5.94. The highest BCUT2D eigenvalue weighted by atomic mass is 16.2. The summed E-state index contributed by atoms with van der Waals surface area (Å²) < 4.78 is 0. The van der Waals surface area contributed by atoms with E-state index in [4.69, 9.17) is 0 Å². The predicted molar refractivity (Wildman–Crippen MR) is 63.2 cm³/mol. The van der Waals surface area contributed by atoms with E-state index in [0.29, 0.717) is 0 Å². The van der Waals surface area contributed by atoms with Gasteiger partial charge in [0.15, 0.2) is 0 Å². The molecule has 1 aromatic carbocycles. The van der Waals surface area contributed by atoms with E-state index >= 15 is 0 Å². The van der Waals surface area contributed by atoms with Gasteiger partial charge in [-0.1, -0.05) is 6.07 Å². The smallest absolute Gasteiger partial charge is 0.253 e. The minimum atomic E-state index is 0.128. The summed E-state index contributed by atoms with van der Waals surface area (Å²) in [4.78, 5) is 13.8. The molecular weight excluding hydrogens is 186 g/mol. The van der Waals surface area contributed by atoms with Gasteiger partial charge in [0.05, 0.1) is 0 Å². The van der Waals surface area contributed by atoms with Gasteiger partial charge < -0.3 is 4.90 Å². The number of hydrogen-bond acceptors (Lipinski definition) is 1. The van der Waals surface area contributed by atoms with E-state index in [1.807, 2.05) is 43.9 Å². The van der Waals surface area contributed by atoms with Gasteiger partial charge in [-0.25, -0.2) is 0 Å². The predicted octanol–water partition coefficient (Wildman–Crippen LogP) is 2.79. The second-order valence-electron chi connectivity index (χ2n) is 3.78. The Morgan fingerprint density at radius 3 is 2.20 bits per heavy atom. The molecule has 0 aliphatic carbocycles. The third kappa shape index (κ3) is 2.58. The topological polar surface area (TPSA) is 20.3 Å². The molecule has 0 heterocycles. The van der Waals surface area contributed by atoms with Crippen molar-refractivity contribution in [1.29, 1.82) is 0 Å². The summed E-state index contributed by atoms with van der Waals surface area (Å²) in [5, 5.41) is 0. The van der Waals surface area contributed by atoms with Crippen molar-refractivity contribution in [3.8, 4) is 0 Å². The molecule has 0 fully saturated rings. The van der Waals surface area contributed by atoms with Gasteiger partial charge in [-0.05, 0) is 51.0 Å². The molecule has 2 heteroatoms. The fourth-order valence-corrected chi connectivity index (χ4v) is 1.57. The lowest BCUT2D eigenvalue weighted by Crippen LogP contribution is -2.30. The highest BCUT2D eigenvalue weighted by Crippen LogP contribution is 2.11. The normalized spacial score (nSPS) is 10.1. The van der Waals surface area contributed by atoms with Crippen LogP contribution >= 0.6 is 0 Å². The third-order valence-corrected chi connectivity index (χ3v) is 2.80. The van der Waals surface area contributed by atoms with E-state index in [9.17, 15) is 4.79 Å². The van der Waals surface area contributed by atoms with E-state index in [0.717, 1.165) is 18.7 Å². The largest absolute Gasteiger partial charge is 0.339 e. The molecule has 0 bridgehead atoms. The van der Waals surface area contributed by atoms with Crippen LogP contribution in [-0.2, 0) is 0 Å². The molecule has 0 atom stereocenters. The molecule has 15 heavy (non-hydrogen) atoms. The number of rotatable bonds is 3. The number of carbonyl (C=O) groups excluding carboxylic acids is 1. The number of nitrogens with zero attached hydrogens (tertiary/aromatic N) is 1. The first-order valence-electron chi connectivity index (χ1n) is 5.46. The van der Waals surface area contributed by atoms with E-state index < -0.39 is 0 Å². The lowest BCUT2D eigenvalue weighted by atomic mass is 10.1. The van der Waals surface area contributed by atoms with Gasteiger partial charge in [-0.3, -0.25) is 4.79 Å². The molecule has 1 amide bonds. The summed E-state index contributed by atoms with van der Waals surface area (Å²) >= 11 is 0. The molecule has 2 nitrogen and oxygen atoms in total. The van der Waals surface area contributed by atoms with E-state index in [1.165, 1.54) is 11.1 Å². The molecule has 0 aliphatic heterocycles. The van der Waals surface area contributed by atoms with Crippen LogP contribution < -0.4 is 0 Å². The van der Waals surface area contributed by atoms with Crippen LogP contribution in [0.15, 0.2) is 18.2 Å². The van der Waals surface area contributed by atoms with Crippen LogP contribution in [0.4, 0.5) is 0 Å². The molecule has 82 valence electrons. The average molecular weight is 205 g/mol. The van der Waals surface area contributed by atoms with Gasteiger partial charge in [0, 0.05) is 18.7 Å². The quantitative estimate of drug-likeness (QED) is 0.743. The SMILES string of the molecule is CCN(CC)C(=O)c1ccc(C)c(C)c1. The molecule has 0 unspecified atom stereocenters. The summed E-state index contributed by atoms with van der Waals surface area (Å²) in [5.41, 5.74) is 3.20. The minimum Gasteiger partial charge on any atom is -0.339 e. The fourth-order valence-electron chi connectivity index (χ4n) is 1.57. The molecule has 1 aromatic rings. The Hall–Kier alpha value is -1.31. The third-order valence-electron chi connectivity index (χ3n) is 2.80. The molecule has 0 aromatic heterocycles. The summed E-state index contributed by atoms with van der Waals surface area (Å²) in [5.74, 6) is 0.128. The van der Waals surface area contributed by atoms with Crippen molar-refractivity contribution in [1.82, 2.24) is 4.90 Å². The number of carbonyl (C=O) groups is 1. The van der Waals surface area contributed by atoms with Crippen LogP contribution in [0.5, 0.6) is 0 Å². The monoisotopic (exact) mass is 205 g/mol. The van der Waals surface area contributed by atoms with Crippen molar-refractivity contribution in [2.75, 3.05) is 13.1 Å². The fraction of sp³-hybridized carbons (Fsp3) is 0.462. The summed E-state index contributed by atoms with van der Waals surface area (Å²) in [7, 11) is 0. The molecule has 0 saturated heterocycles. The van der Waals surface area contributed by atoms with Crippen molar-refractivity contribution < 1.29 is 4.79 Å². The van der Waals surface area contributed by atoms with Crippen LogP contribution in [0.25, 0.3) is 0 Å². The maximum atomic E-state index is 12.0. The summed E-state index contributed by atoms with van der Waals surface area (Å²) in [6.07, 6.45) is 0. The first-order valence-corrected chi connectivity index (χ1v) is 5.46. The van der Waals surface area contributed by atoms with Gasteiger partial charge >= 0.3 is 0 Å². The number of benzene rings is 1. The Labute approximate surface area is 91.9 Å². The van der Waals surface area contributed by atoms with Crippen LogP contribution in [0, 0.1) is 13.8 Å². The zero-order valence-corrected chi connectivity index (χ0v) is 10.0. The number of aryl methyl sites for hydroxylation is 2. The van der Waals surface area contributed by atoms with Crippen molar-refractivity contribution in [3.63, 3.8) is 0 Å². The van der Waals surface area contributed by atoms with Gasteiger partial charge in [-0.15, -0.1) is 0 Å². The minimum absolute atomic E-state index is 0.128. The second kappa shape index (κ2) is 4.96. The second-order valence-corrected chi connectivity index (χ2v) is 3.78. The van der Waals surface area contributed by atoms with Gasteiger partial charge in [0.2, 0.25) is 0 Å².